The Kier molecular flexibility index (Phi) is 4.51. The second-order valence-corrected chi connectivity index (χ2v) is 4.73. The number of aryl methyl sites for hydroxylation is 1. The van der Waals surface area contributed by atoms with E-state index in [0.29, 0.717) is 23.9 Å². The van der Waals surface area contributed by atoms with Crippen molar-refractivity contribution in [1.82, 2.24) is 20.4 Å². The summed E-state index contributed by atoms with van der Waals surface area (Å²) < 4.78 is 0. The lowest BCUT2D eigenvalue weighted by Crippen LogP contribution is -2.36. The van der Waals surface area contributed by atoms with Gasteiger partial charge in [0.05, 0.1) is 6.42 Å². The number of H-pyrrole nitrogens is 1. The average molecular weight is 263 g/mol. The summed E-state index contributed by atoms with van der Waals surface area (Å²) in [7, 11) is 0. The van der Waals surface area contributed by atoms with Crippen LogP contribution < -0.4 is 11.1 Å². The van der Waals surface area contributed by atoms with E-state index >= 15 is 0 Å². The zero-order valence-corrected chi connectivity index (χ0v) is 11.2. The highest BCUT2D eigenvalue weighted by Gasteiger charge is 2.13. The first-order valence-electron chi connectivity index (χ1n) is 6.53. The predicted molar refractivity (Wildman–Crippen MR) is 76.0 cm³/mol. The fourth-order valence-electron chi connectivity index (χ4n) is 2.05. The predicted octanol–water partition coefficient (Wildman–Crippen LogP) is 0.369. The first-order chi connectivity index (χ1) is 9.15. The summed E-state index contributed by atoms with van der Waals surface area (Å²) in [6.07, 6.45) is 1.42. The summed E-state index contributed by atoms with van der Waals surface area (Å²) >= 11 is 0. The van der Waals surface area contributed by atoms with Gasteiger partial charge in [-0.2, -0.15) is 5.10 Å². The fourth-order valence-corrected chi connectivity index (χ4v) is 2.05. The highest BCUT2D eigenvalue weighted by Crippen LogP contribution is 2.09. The van der Waals surface area contributed by atoms with Crippen LogP contribution in [0.15, 0.2) is 11.1 Å². The van der Waals surface area contributed by atoms with E-state index in [2.05, 4.69) is 25.4 Å². The molecule has 0 radical (unpaired) electrons. The third-order valence-corrected chi connectivity index (χ3v) is 3.02. The van der Waals surface area contributed by atoms with Crippen LogP contribution in [0.2, 0.25) is 0 Å². The van der Waals surface area contributed by atoms with Gasteiger partial charge in [-0.3, -0.25) is 10.5 Å². The van der Waals surface area contributed by atoms with Crippen LogP contribution >= 0.6 is 0 Å². The van der Waals surface area contributed by atoms with Crippen molar-refractivity contribution in [2.75, 3.05) is 26.2 Å². The second-order valence-electron chi connectivity index (χ2n) is 4.73. The molecule has 7 nitrogen and oxygen atoms in total. The monoisotopic (exact) mass is 263 g/mol. The first-order valence-corrected chi connectivity index (χ1v) is 6.53. The van der Waals surface area contributed by atoms with E-state index < -0.39 is 0 Å². The van der Waals surface area contributed by atoms with Crippen LogP contribution in [-0.2, 0) is 0 Å². The van der Waals surface area contributed by atoms with E-state index in [1.54, 1.807) is 0 Å². The van der Waals surface area contributed by atoms with Crippen molar-refractivity contribution in [3.05, 3.63) is 11.8 Å². The minimum absolute atomic E-state index is 0.367. The Morgan fingerprint density at radius 3 is 3.11 bits per heavy atom. The molecule has 1 fully saturated rings. The topological polar surface area (TPSA) is 106 Å². The van der Waals surface area contributed by atoms with Gasteiger partial charge in [-0.25, -0.2) is 4.99 Å². The Labute approximate surface area is 112 Å². The Balaban J connectivity index is 1.92. The molecule has 1 aliphatic heterocycles. The Hall–Kier alpha value is -1.89. The van der Waals surface area contributed by atoms with Crippen molar-refractivity contribution in [2.45, 2.75) is 19.8 Å². The maximum Gasteiger partial charge on any atom is 0.175 e. The molecule has 19 heavy (non-hydrogen) atoms. The molecule has 0 unspecified atom stereocenters. The molecule has 1 aliphatic rings. The van der Waals surface area contributed by atoms with E-state index in [0.717, 1.165) is 38.3 Å². The lowest BCUT2D eigenvalue weighted by atomic mass is 10.3. The molecule has 1 aromatic rings. The van der Waals surface area contributed by atoms with Gasteiger partial charge < -0.3 is 16.0 Å². The maximum atomic E-state index is 8.09. The van der Waals surface area contributed by atoms with Gasteiger partial charge in [0.1, 0.15) is 11.7 Å². The van der Waals surface area contributed by atoms with Crippen molar-refractivity contribution in [3.63, 3.8) is 0 Å². The van der Waals surface area contributed by atoms with Crippen LogP contribution in [0.5, 0.6) is 0 Å². The highest BCUT2D eigenvalue weighted by atomic mass is 15.2. The fraction of sp³-hybridized carbons (Fsp3) is 0.583. The number of hydrogen-bond donors (Lipinski definition) is 4. The number of hydrogen-bond acceptors (Lipinski definition) is 4. The standard InChI is InChI=1S/C12H21N7/c1-9-7-12(18-17-9)16-10(13)8-11(14)19-5-2-3-15-4-6-19/h7,14-15H,2-6,8H2,1H3,(H3,13,16,17,18). The smallest absolute Gasteiger partial charge is 0.175 e. The molecule has 0 spiro atoms. The quantitative estimate of drug-likeness (QED) is 0.467. The lowest BCUT2D eigenvalue weighted by molar-refractivity contribution is 0.438. The number of nitrogens with zero attached hydrogens (tertiary/aromatic N) is 3. The number of rotatable bonds is 3. The summed E-state index contributed by atoms with van der Waals surface area (Å²) in [4.78, 5) is 6.26. The molecule has 104 valence electrons. The second kappa shape index (κ2) is 6.33. The Bertz CT molecular complexity index is 454. The number of amidine groups is 2. The minimum Gasteiger partial charge on any atom is -0.387 e. The molecular formula is C12H21N7. The third-order valence-electron chi connectivity index (χ3n) is 3.02. The molecule has 2 rings (SSSR count). The zero-order valence-electron chi connectivity index (χ0n) is 11.2. The molecule has 1 saturated heterocycles. The summed E-state index contributed by atoms with van der Waals surface area (Å²) in [6, 6.07) is 1.83. The molecule has 0 atom stereocenters. The summed E-state index contributed by atoms with van der Waals surface area (Å²) in [5.41, 5.74) is 6.82. The van der Waals surface area contributed by atoms with Crippen LogP contribution in [0.25, 0.3) is 0 Å². The van der Waals surface area contributed by atoms with Crippen molar-refractivity contribution in [3.8, 4) is 0 Å². The maximum absolute atomic E-state index is 8.09. The molecule has 0 aromatic carbocycles. The van der Waals surface area contributed by atoms with Crippen molar-refractivity contribution in [2.24, 2.45) is 10.7 Å². The molecule has 1 aromatic heterocycles. The van der Waals surface area contributed by atoms with Crippen LogP contribution in [0.4, 0.5) is 5.82 Å². The lowest BCUT2D eigenvalue weighted by Gasteiger charge is -2.22. The van der Waals surface area contributed by atoms with E-state index in [9.17, 15) is 0 Å². The van der Waals surface area contributed by atoms with Gasteiger partial charge in [-0.15, -0.1) is 0 Å². The molecule has 7 heteroatoms. The number of nitrogens with two attached hydrogens (primary N) is 1. The average Bonchev–Trinajstić information content (AvgIpc) is 2.64. The summed E-state index contributed by atoms with van der Waals surface area (Å²) in [5, 5.41) is 18.2. The number of aromatic nitrogens is 2. The largest absolute Gasteiger partial charge is 0.387 e. The first kappa shape index (κ1) is 13.5. The minimum atomic E-state index is 0.367. The van der Waals surface area contributed by atoms with Gasteiger partial charge in [-0.05, 0) is 19.9 Å². The van der Waals surface area contributed by atoms with Crippen LogP contribution in [-0.4, -0.2) is 52.9 Å². The molecule has 0 bridgehead atoms. The van der Waals surface area contributed by atoms with Crippen LogP contribution in [0.3, 0.4) is 0 Å². The van der Waals surface area contributed by atoms with Gasteiger partial charge in [-0.1, -0.05) is 0 Å². The molecule has 2 heterocycles. The zero-order chi connectivity index (χ0) is 13.7. The number of aliphatic imine (C=N–C) groups is 1. The molecule has 0 saturated carbocycles. The highest BCUT2D eigenvalue weighted by molar-refractivity contribution is 6.01. The van der Waals surface area contributed by atoms with E-state index in [4.69, 9.17) is 11.1 Å². The summed E-state index contributed by atoms with van der Waals surface area (Å²) in [6.45, 7) is 5.60. The van der Waals surface area contributed by atoms with Gasteiger partial charge in [0.2, 0.25) is 0 Å². The normalized spacial score (nSPS) is 17.3. The molecule has 0 amide bonds. The third kappa shape index (κ3) is 4.06. The van der Waals surface area contributed by atoms with E-state index in [1.165, 1.54) is 0 Å². The van der Waals surface area contributed by atoms with Crippen molar-refractivity contribution >= 4 is 17.5 Å². The van der Waals surface area contributed by atoms with Gasteiger partial charge in [0, 0.05) is 31.4 Å². The Morgan fingerprint density at radius 1 is 1.53 bits per heavy atom. The van der Waals surface area contributed by atoms with Gasteiger partial charge >= 0.3 is 0 Å². The van der Waals surface area contributed by atoms with Crippen LogP contribution in [0.1, 0.15) is 18.5 Å². The van der Waals surface area contributed by atoms with Crippen LogP contribution in [0, 0.1) is 12.3 Å². The van der Waals surface area contributed by atoms with Gasteiger partial charge in [0.25, 0.3) is 0 Å². The van der Waals surface area contributed by atoms with Crippen molar-refractivity contribution < 1.29 is 0 Å². The van der Waals surface area contributed by atoms with E-state index in [1.807, 2.05) is 13.0 Å². The summed E-state index contributed by atoms with van der Waals surface area (Å²) in [5.74, 6) is 1.52. The van der Waals surface area contributed by atoms with E-state index in [-0.39, 0.29) is 0 Å². The molecular weight excluding hydrogens is 242 g/mol. The van der Waals surface area contributed by atoms with Crippen molar-refractivity contribution in [1.29, 1.82) is 5.41 Å². The number of aromatic amines is 1. The number of nitrogens with one attached hydrogen (secondary N) is 3. The van der Waals surface area contributed by atoms with Gasteiger partial charge in [0.15, 0.2) is 5.82 Å². The Morgan fingerprint density at radius 2 is 2.37 bits per heavy atom. The molecule has 5 N–H and O–H groups in total. The SMILES string of the molecule is Cc1cc(N=C(N)CC(=N)N2CCCNCC2)n[nH]1. The molecule has 0 aliphatic carbocycles.